The van der Waals surface area contributed by atoms with Gasteiger partial charge in [-0.25, -0.2) is 0 Å². The molecule has 1 aromatic rings. The summed E-state index contributed by atoms with van der Waals surface area (Å²) in [4.78, 5) is 11.9. The van der Waals surface area contributed by atoms with Crippen LogP contribution in [0.2, 0.25) is 0 Å². The van der Waals surface area contributed by atoms with Gasteiger partial charge in [0.2, 0.25) is 5.91 Å². The van der Waals surface area contributed by atoms with Gasteiger partial charge in [-0.1, -0.05) is 37.6 Å². The van der Waals surface area contributed by atoms with Crippen LogP contribution in [-0.4, -0.2) is 11.9 Å². The SMILES string of the molecule is Cc1ccc(CCC(=O)NC(C)CCC(C)C)c(C)c1. The number of carbonyl (C=O) groups excluding carboxylic acids is 1. The van der Waals surface area contributed by atoms with E-state index in [1.54, 1.807) is 0 Å². The molecule has 0 aliphatic carbocycles. The van der Waals surface area contributed by atoms with Crippen LogP contribution in [0, 0.1) is 19.8 Å². The van der Waals surface area contributed by atoms with Gasteiger partial charge in [0.25, 0.3) is 0 Å². The molecule has 1 rings (SSSR count). The molecule has 0 aliphatic heterocycles. The average Bonchev–Trinajstić information content (AvgIpc) is 2.35. The highest BCUT2D eigenvalue weighted by Gasteiger charge is 2.09. The molecule has 0 aliphatic rings. The minimum absolute atomic E-state index is 0.168. The van der Waals surface area contributed by atoms with E-state index in [2.05, 4.69) is 58.1 Å². The van der Waals surface area contributed by atoms with E-state index >= 15 is 0 Å². The van der Waals surface area contributed by atoms with E-state index in [1.165, 1.54) is 23.1 Å². The van der Waals surface area contributed by atoms with E-state index in [9.17, 15) is 4.79 Å². The zero-order chi connectivity index (χ0) is 15.1. The zero-order valence-electron chi connectivity index (χ0n) is 13.6. The lowest BCUT2D eigenvalue weighted by molar-refractivity contribution is -0.121. The Bertz CT molecular complexity index is 437. The van der Waals surface area contributed by atoms with Crippen molar-refractivity contribution in [1.82, 2.24) is 5.32 Å². The second-order valence-electron chi connectivity index (χ2n) is 6.37. The second kappa shape index (κ2) is 8.08. The van der Waals surface area contributed by atoms with Crippen LogP contribution in [0.5, 0.6) is 0 Å². The molecule has 2 heteroatoms. The molecular weight excluding hydrogens is 246 g/mol. The number of amides is 1. The van der Waals surface area contributed by atoms with Gasteiger partial charge in [0.05, 0.1) is 0 Å². The van der Waals surface area contributed by atoms with Crippen LogP contribution in [0.3, 0.4) is 0 Å². The third-order valence-corrected chi connectivity index (χ3v) is 3.70. The maximum atomic E-state index is 11.9. The van der Waals surface area contributed by atoms with E-state index in [0.717, 1.165) is 12.8 Å². The van der Waals surface area contributed by atoms with E-state index in [-0.39, 0.29) is 11.9 Å². The highest BCUT2D eigenvalue weighted by atomic mass is 16.1. The molecule has 1 N–H and O–H groups in total. The standard InChI is InChI=1S/C18H29NO/c1-13(2)6-8-16(5)19-18(20)11-10-17-9-7-14(3)12-15(17)4/h7,9,12-13,16H,6,8,10-11H2,1-5H3,(H,19,20). The number of aryl methyl sites for hydroxylation is 3. The monoisotopic (exact) mass is 275 g/mol. The molecule has 0 bridgehead atoms. The summed E-state index contributed by atoms with van der Waals surface area (Å²) in [6.07, 6.45) is 3.64. The van der Waals surface area contributed by atoms with E-state index in [1.807, 2.05) is 0 Å². The Morgan fingerprint density at radius 3 is 2.45 bits per heavy atom. The third-order valence-electron chi connectivity index (χ3n) is 3.70. The van der Waals surface area contributed by atoms with Crippen molar-refractivity contribution in [3.05, 3.63) is 34.9 Å². The summed E-state index contributed by atoms with van der Waals surface area (Å²) in [5.74, 6) is 0.866. The van der Waals surface area contributed by atoms with Gasteiger partial charge in [-0.2, -0.15) is 0 Å². The number of nitrogens with one attached hydrogen (secondary N) is 1. The van der Waals surface area contributed by atoms with Crippen LogP contribution < -0.4 is 5.32 Å². The fourth-order valence-electron chi connectivity index (χ4n) is 2.38. The fraction of sp³-hybridized carbons (Fsp3) is 0.611. The predicted octanol–water partition coefficient (Wildman–Crippen LogP) is 4.18. The Morgan fingerprint density at radius 1 is 1.15 bits per heavy atom. The molecule has 1 aromatic carbocycles. The van der Waals surface area contributed by atoms with Crippen LogP contribution in [0.1, 0.15) is 56.7 Å². The molecule has 1 unspecified atom stereocenters. The molecule has 20 heavy (non-hydrogen) atoms. The maximum absolute atomic E-state index is 11.9. The van der Waals surface area contributed by atoms with Crippen LogP contribution in [-0.2, 0) is 11.2 Å². The summed E-state index contributed by atoms with van der Waals surface area (Å²) in [5.41, 5.74) is 3.84. The summed E-state index contributed by atoms with van der Waals surface area (Å²) in [6.45, 7) is 10.7. The van der Waals surface area contributed by atoms with Gasteiger partial charge < -0.3 is 5.32 Å². The number of hydrogen-bond donors (Lipinski definition) is 1. The number of hydrogen-bond acceptors (Lipinski definition) is 1. The van der Waals surface area contributed by atoms with Gasteiger partial charge in [-0.15, -0.1) is 0 Å². The topological polar surface area (TPSA) is 29.1 Å². The molecule has 0 saturated heterocycles. The number of rotatable bonds is 7. The summed E-state index contributed by atoms with van der Waals surface area (Å²) in [7, 11) is 0. The van der Waals surface area contributed by atoms with Gasteiger partial charge in [-0.05, 0) is 57.1 Å². The fourth-order valence-corrected chi connectivity index (χ4v) is 2.38. The van der Waals surface area contributed by atoms with Crippen molar-refractivity contribution in [3.63, 3.8) is 0 Å². The van der Waals surface area contributed by atoms with Crippen molar-refractivity contribution in [3.8, 4) is 0 Å². The molecule has 2 nitrogen and oxygen atoms in total. The molecule has 0 heterocycles. The Morgan fingerprint density at radius 2 is 1.85 bits per heavy atom. The van der Waals surface area contributed by atoms with Gasteiger partial charge >= 0.3 is 0 Å². The van der Waals surface area contributed by atoms with Gasteiger partial charge in [0.1, 0.15) is 0 Å². The lowest BCUT2D eigenvalue weighted by Crippen LogP contribution is -2.32. The zero-order valence-corrected chi connectivity index (χ0v) is 13.6. The maximum Gasteiger partial charge on any atom is 0.220 e. The largest absolute Gasteiger partial charge is 0.354 e. The average molecular weight is 275 g/mol. The molecule has 1 atom stereocenters. The molecule has 0 radical (unpaired) electrons. The normalized spacial score (nSPS) is 12.5. The Balaban J connectivity index is 2.36. The quantitative estimate of drug-likeness (QED) is 0.794. The minimum atomic E-state index is 0.168. The molecule has 0 saturated carbocycles. The lowest BCUT2D eigenvalue weighted by atomic mass is 10.0. The molecule has 0 aromatic heterocycles. The Hall–Kier alpha value is -1.31. The van der Waals surface area contributed by atoms with Crippen molar-refractivity contribution in [2.75, 3.05) is 0 Å². The van der Waals surface area contributed by atoms with Crippen LogP contribution in [0.25, 0.3) is 0 Å². The first-order chi connectivity index (χ1) is 9.38. The Labute approximate surface area is 124 Å². The van der Waals surface area contributed by atoms with Gasteiger partial charge in [0.15, 0.2) is 0 Å². The van der Waals surface area contributed by atoms with Crippen LogP contribution in [0.4, 0.5) is 0 Å². The van der Waals surface area contributed by atoms with E-state index < -0.39 is 0 Å². The van der Waals surface area contributed by atoms with Crippen molar-refractivity contribution in [2.24, 2.45) is 5.92 Å². The first-order valence-corrected chi connectivity index (χ1v) is 7.74. The Kier molecular flexibility index (Phi) is 6.77. The molecule has 1 amide bonds. The number of carbonyl (C=O) groups is 1. The summed E-state index contributed by atoms with van der Waals surface area (Å²) < 4.78 is 0. The molecular formula is C18H29NO. The van der Waals surface area contributed by atoms with Crippen LogP contribution >= 0.6 is 0 Å². The van der Waals surface area contributed by atoms with Gasteiger partial charge in [-0.3, -0.25) is 4.79 Å². The molecule has 0 spiro atoms. The third kappa shape index (κ3) is 6.23. The van der Waals surface area contributed by atoms with Crippen molar-refractivity contribution in [2.45, 2.75) is 66.3 Å². The smallest absolute Gasteiger partial charge is 0.220 e. The second-order valence-corrected chi connectivity index (χ2v) is 6.37. The summed E-state index contributed by atoms with van der Waals surface area (Å²) >= 11 is 0. The summed E-state index contributed by atoms with van der Waals surface area (Å²) in [6, 6.07) is 6.72. The van der Waals surface area contributed by atoms with E-state index in [4.69, 9.17) is 0 Å². The first-order valence-electron chi connectivity index (χ1n) is 7.74. The highest BCUT2D eigenvalue weighted by molar-refractivity contribution is 5.76. The van der Waals surface area contributed by atoms with Crippen LogP contribution in [0.15, 0.2) is 18.2 Å². The highest BCUT2D eigenvalue weighted by Crippen LogP contribution is 2.13. The van der Waals surface area contributed by atoms with E-state index in [0.29, 0.717) is 12.3 Å². The minimum Gasteiger partial charge on any atom is -0.354 e. The lowest BCUT2D eigenvalue weighted by Gasteiger charge is -2.15. The van der Waals surface area contributed by atoms with Gasteiger partial charge in [0, 0.05) is 12.5 Å². The van der Waals surface area contributed by atoms with Crippen molar-refractivity contribution >= 4 is 5.91 Å². The van der Waals surface area contributed by atoms with Crippen molar-refractivity contribution < 1.29 is 4.79 Å². The molecule has 0 fully saturated rings. The number of benzene rings is 1. The first kappa shape index (κ1) is 16.7. The van der Waals surface area contributed by atoms with Crippen molar-refractivity contribution in [1.29, 1.82) is 0 Å². The summed E-state index contributed by atoms with van der Waals surface area (Å²) in [5, 5.41) is 3.10. The molecule has 112 valence electrons. The predicted molar refractivity (Wildman–Crippen MR) is 85.9 cm³/mol.